The number of imidazole rings is 1. The second kappa shape index (κ2) is 13.2. The molecule has 0 aromatic carbocycles. The van der Waals surface area contributed by atoms with E-state index in [4.69, 9.17) is 15.9 Å². The average molecular weight is 469 g/mol. The summed E-state index contributed by atoms with van der Waals surface area (Å²) < 4.78 is 0. The van der Waals surface area contributed by atoms with Gasteiger partial charge >= 0.3 is 11.9 Å². The van der Waals surface area contributed by atoms with Crippen molar-refractivity contribution in [3.63, 3.8) is 0 Å². The van der Waals surface area contributed by atoms with Crippen molar-refractivity contribution in [2.45, 2.75) is 70.6 Å². The summed E-state index contributed by atoms with van der Waals surface area (Å²) in [6.07, 6.45) is 2.95. The third-order valence-electron chi connectivity index (χ3n) is 5.13. The monoisotopic (exact) mass is 468 g/mol. The van der Waals surface area contributed by atoms with Crippen molar-refractivity contribution in [3.05, 3.63) is 18.2 Å². The maximum absolute atomic E-state index is 13.0. The van der Waals surface area contributed by atoms with Crippen molar-refractivity contribution in [3.8, 4) is 0 Å². The molecule has 0 fully saturated rings. The highest BCUT2D eigenvalue weighted by Crippen LogP contribution is 2.10. The van der Waals surface area contributed by atoms with E-state index in [1.807, 2.05) is 6.92 Å². The number of carbonyl (C=O) groups excluding carboxylic acids is 3. The number of nitrogens with two attached hydrogens (primary N) is 1. The number of nitrogens with one attached hydrogen (secondary N) is 4. The molecule has 8 N–H and O–H groups in total. The van der Waals surface area contributed by atoms with Crippen molar-refractivity contribution in [1.29, 1.82) is 0 Å². The van der Waals surface area contributed by atoms with Gasteiger partial charge in [0.2, 0.25) is 17.7 Å². The first-order valence-electron chi connectivity index (χ1n) is 10.5. The van der Waals surface area contributed by atoms with E-state index in [1.165, 1.54) is 19.4 Å². The molecule has 0 saturated carbocycles. The van der Waals surface area contributed by atoms with E-state index in [9.17, 15) is 24.0 Å². The van der Waals surface area contributed by atoms with E-state index in [1.54, 1.807) is 6.92 Å². The minimum absolute atomic E-state index is 0.164. The fourth-order valence-corrected chi connectivity index (χ4v) is 2.86. The number of rotatable bonds is 14. The van der Waals surface area contributed by atoms with Crippen LogP contribution in [0.5, 0.6) is 0 Å². The van der Waals surface area contributed by atoms with E-state index in [-0.39, 0.29) is 18.8 Å². The van der Waals surface area contributed by atoms with Crippen LogP contribution in [-0.4, -0.2) is 74.0 Å². The minimum atomic E-state index is -1.31. The van der Waals surface area contributed by atoms with Crippen LogP contribution in [0.25, 0.3) is 0 Å². The molecule has 5 unspecified atom stereocenters. The van der Waals surface area contributed by atoms with E-state index < -0.39 is 60.2 Å². The fraction of sp³-hybridized carbons (Fsp3) is 0.600. The SMILES string of the molecule is CCC(C)C(NC(=O)C(N)Cc1cnc[nH]1)C(=O)NC(CCC(=O)O)C(=O)NC(C)C(=O)O. The van der Waals surface area contributed by atoms with Crippen LogP contribution in [0.2, 0.25) is 0 Å². The number of carbonyl (C=O) groups is 5. The fourth-order valence-electron chi connectivity index (χ4n) is 2.86. The lowest BCUT2D eigenvalue weighted by atomic mass is 9.97. The summed E-state index contributed by atoms with van der Waals surface area (Å²) in [5.41, 5.74) is 6.57. The van der Waals surface area contributed by atoms with E-state index >= 15 is 0 Å². The van der Waals surface area contributed by atoms with Crippen LogP contribution in [-0.2, 0) is 30.4 Å². The molecule has 0 aliphatic carbocycles. The van der Waals surface area contributed by atoms with Gasteiger partial charge in [-0.05, 0) is 19.3 Å². The zero-order valence-electron chi connectivity index (χ0n) is 18.8. The number of carboxylic acids is 2. The molecular formula is C20H32N6O7. The molecule has 1 aromatic heterocycles. The highest BCUT2D eigenvalue weighted by molar-refractivity contribution is 5.94. The highest BCUT2D eigenvalue weighted by Gasteiger charge is 2.32. The number of hydrogen-bond acceptors (Lipinski definition) is 7. The number of aliphatic carboxylic acids is 2. The molecule has 184 valence electrons. The Hall–Kier alpha value is -3.48. The van der Waals surface area contributed by atoms with E-state index in [0.29, 0.717) is 12.1 Å². The van der Waals surface area contributed by atoms with Crippen LogP contribution >= 0.6 is 0 Å². The predicted octanol–water partition coefficient (Wildman–Crippen LogP) is -1.25. The molecule has 13 heteroatoms. The largest absolute Gasteiger partial charge is 0.481 e. The summed E-state index contributed by atoms with van der Waals surface area (Å²) >= 11 is 0. The van der Waals surface area contributed by atoms with Gasteiger partial charge in [0, 0.05) is 24.7 Å². The van der Waals surface area contributed by atoms with Gasteiger partial charge in [0.25, 0.3) is 0 Å². The van der Waals surface area contributed by atoms with Crippen LogP contribution in [0.3, 0.4) is 0 Å². The lowest BCUT2D eigenvalue weighted by Gasteiger charge is -2.27. The molecule has 0 radical (unpaired) electrons. The third-order valence-corrected chi connectivity index (χ3v) is 5.13. The second-order valence-corrected chi connectivity index (χ2v) is 7.82. The lowest BCUT2D eigenvalue weighted by Crippen LogP contribution is -2.58. The van der Waals surface area contributed by atoms with Gasteiger partial charge in [-0.3, -0.25) is 24.0 Å². The number of carboxylic acid groups (broad SMARTS) is 2. The molecule has 3 amide bonds. The van der Waals surface area contributed by atoms with Crippen LogP contribution in [0.15, 0.2) is 12.5 Å². The summed E-state index contributed by atoms with van der Waals surface area (Å²) in [4.78, 5) is 66.7. The third kappa shape index (κ3) is 9.27. The molecule has 5 atom stereocenters. The maximum atomic E-state index is 13.0. The Morgan fingerprint density at radius 3 is 2.24 bits per heavy atom. The molecule has 13 nitrogen and oxygen atoms in total. The van der Waals surface area contributed by atoms with Gasteiger partial charge in [0.15, 0.2) is 0 Å². The van der Waals surface area contributed by atoms with Crippen molar-refractivity contribution in [2.24, 2.45) is 11.7 Å². The van der Waals surface area contributed by atoms with Crippen LogP contribution in [0.4, 0.5) is 0 Å². The van der Waals surface area contributed by atoms with Crippen molar-refractivity contribution >= 4 is 29.7 Å². The molecular weight excluding hydrogens is 436 g/mol. The van der Waals surface area contributed by atoms with Crippen LogP contribution in [0, 0.1) is 5.92 Å². The zero-order chi connectivity index (χ0) is 25.1. The van der Waals surface area contributed by atoms with Crippen LogP contribution < -0.4 is 21.7 Å². The van der Waals surface area contributed by atoms with E-state index in [2.05, 4.69) is 25.9 Å². The first-order chi connectivity index (χ1) is 15.5. The second-order valence-electron chi connectivity index (χ2n) is 7.82. The van der Waals surface area contributed by atoms with Gasteiger partial charge in [0.1, 0.15) is 18.1 Å². The summed E-state index contributed by atoms with van der Waals surface area (Å²) in [6.45, 7) is 4.77. The first kappa shape index (κ1) is 27.6. The van der Waals surface area contributed by atoms with Gasteiger partial charge in [-0.25, -0.2) is 4.98 Å². The quantitative estimate of drug-likeness (QED) is 0.173. The minimum Gasteiger partial charge on any atom is -0.481 e. The van der Waals surface area contributed by atoms with Gasteiger partial charge in [-0.1, -0.05) is 20.3 Å². The summed E-state index contributed by atoms with van der Waals surface area (Å²) in [5, 5.41) is 25.2. The Labute approximate surface area is 190 Å². The molecule has 0 spiro atoms. The number of aromatic amines is 1. The van der Waals surface area contributed by atoms with Crippen molar-refractivity contribution in [2.75, 3.05) is 0 Å². The molecule has 0 aliphatic rings. The standard InChI is InChI=1S/C20H32N6O7/c1-4-10(2)16(26-17(29)13(21)7-12-8-22-9-23-12)19(31)25-14(5-6-15(27)28)18(30)24-11(3)20(32)33/h8-11,13-14,16H,4-7,21H2,1-3H3,(H,22,23)(H,24,30)(H,25,31)(H,26,29)(H,27,28)(H,32,33). The molecule has 1 aromatic rings. The summed E-state index contributed by atoms with van der Waals surface area (Å²) in [5.74, 6) is -4.96. The predicted molar refractivity (Wildman–Crippen MR) is 116 cm³/mol. The molecule has 33 heavy (non-hydrogen) atoms. The Bertz CT molecular complexity index is 829. The van der Waals surface area contributed by atoms with Gasteiger partial charge < -0.3 is 36.9 Å². The smallest absolute Gasteiger partial charge is 0.325 e. The molecule has 0 saturated heterocycles. The Kier molecular flexibility index (Phi) is 11.0. The van der Waals surface area contributed by atoms with E-state index in [0.717, 1.165) is 0 Å². The number of nitrogens with zero attached hydrogens (tertiary/aromatic N) is 1. The maximum Gasteiger partial charge on any atom is 0.325 e. The summed E-state index contributed by atoms with van der Waals surface area (Å²) in [6, 6.07) is -4.57. The van der Waals surface area contributed by atoms with Crippen LogP contribution in [0.1, 0.15) is 45.7 Å². The molecule has 0 aliphatic heterocycles. The molecule has 1 heterocycles. The number of hydrogen-bond donors (Lipinski definition) is 7. The Balaban J connectivity index is 2.93. The zero-order valence-corrected chi connectivity index (χ0v) is 18.8. The molecule has 1 rings (SSSR count). The Morgan fingerprint density at radius 1 is 1.06 bits per heavy atom. The normalized spacial score (nSPS) is 15.4. The number of amides is 3. The van der Waals surface area contributed by atoms with Gasteiger partial charge in [-0.15, -0.1) is 0 Å². The van der Waals surface area contributed by atoms with Gasteiger partial charge in [-0.2, -0.15) is 0 Å². The lowest BCUT2D eigenvalue weighted by molar-refractivity contribution is -0.142. The topological polar surface area (TPSA) is 217 Å². The number of H-pyrrole nitrogens is 1. The van der Waals surface area contributed by atoms with Crippen molar-refractivity contribution < 1.29 is 34.2 Å². The van der Waals surface area contributed by atoms with Gasteiger partial charge in [0.05, 0.1) is 12.4 Å². The highest BCUT2D eigenvalue weighted by atomic mass is 16.4. The Morgan fingerprint density at radius 2 is 1.73 bits per heavy atom. The first-order valence-corrected chi connectivity index (χ1v) is 10.5. The average Bonchev–Trinajstić information content (AvgIpc) is 3.26. The summed E-state index contributed by atoms with van der Waals surface area (Å²) in [7, 11) is 0. The molecule has 0 bridgehead atoms. The van der Waals surface area contributed by atoms with Crippen molar-refractivity contribution in [1.82, 2.24) is 25.9 Å². The number of aromatic nitrogens is 2.